The van der Waals surface area contributed by atoms with E-state index >= 15 is 0 Å². The smallest absolute Gasteiger partial charge is 0.158 e. The summed E-state index contributed by atoms with van der Waals surface area (Å²) < 4.78 is 5.48. The maximum absolute atomic E-state index is 5.48. The largest absolute Gasteiger partial charge is 0.488 e. The SMILES string of the molecule is C1=COC(c2ccc3ccccc3n2)C=C1.[Ca]. The Bertz CT molecular complexity index is 577. The van der Waals surface area contributed by atoms with Gasteiger partial charge >= 0.3 is 0 Å². The summed E-state index contributed by atoms with van der Waals surface area (Å²) >= 11 is 0. The van der Waals surface area contributed by atoms with Crippen LogP contribution in [0.15, 0.2) is 60.9 Å². The molecule has 80 valence electrons. The molecule has 0 amide bonds. The van der Waals surface area contributed by atoms with Gasteiger partial charge in [-0.1, -0.05) is 30.3 Å². The van der Waals surface area contributed by atoms with E-state index in [1.54, 1.807) is 6.26 Å². The molecule has 3 rings (SSSR count). The van der Waals surface area contributed by atoms with Gasteiger partial charge in [-0.15, -0.1) is 0 Å². The van der Waals surface area contributed by atoms with Crippen molar-refractivity contribution in [3.05, 3.63) is 66.6 Å². The van der Waals surface area contributed by atoms with Crippen LogP contribution in [-0.4, -0.2) is 42.7 Å². The number of aromatic nitrogens is 1. The summed E-state index contributed by atoms with van der Waals surface area (Å²) in [6.45, 7) is 0. The van der Waals surface area contributed by atoms with Gasteiger partial charge < -0.3 is 4.74 Å². The van der Waals surface area contributed by atoms with Crippen LogP contribution in [0.5, 0.6) is 0 Å². The Morgan fingerprint density at radius 3 is 2.71 bits per heavy atom. The monoisotopic (exact) mass is 249 g/mol. The van der Waals surface area contributed by atoms with E-state index in [2.05, 4.69) is 17.1 Å². The molecule has 0 saturated heterocycles. The fraction of sp³-hybridized carbons (Fsp3) is 0.0714. The number of rotatable bonds is 1. The minimum atomic E-state index is -0.0605. The predicted octanol–water partition coefficient (Wildman–Crippen LogP) is 3.00. The third-order valence-corrected chi connectivity index (χ3v) is 2.61. The first-order valence-electron chi connectivity index (χ1n) is 5.28. The molecule has 1 aromatic carbocycles. The number of hydrogen-bond acceptors (Lipinski definition) is 2. The van der Waals surface area contributed by atoms with E-state index in [1.165, 1.54) is 0 Å². The molecular formula is C14H11CaNO. The Balaban J connectivity index is 0.00000108. The van der Waals surface area contributed by atoms with Gasteiger partial charge in [0.25, 0.3) is 0 Å². The number of fused-ring (bicyclic) bond motifs is 1. The molecule has 2 radical (unpaired) electrons. The molecule has 2 aromatic rings. The van der Waals surface area contributed by atoms with Crippen molar-refractivity contribution in [3.63, 3.8) is 0 Å². The van der Waals surface area contributed by atoms with E-state index in [4.69, 9.17) is 4.74 Å². The molecule has 1 aliphatic rings. The van der Waals surface area contributed by atoms with E-state index in [0.717, 1.165) is 16.6 Å². The van der Waals surface area contributed by atoms with Gasteiger partial charge in [0.15, 0.2) is 6.10 Å². The number of nitrogens with zero attached hydrogens (tertiary/aromatic N) is 1. The van der Waals surface area contributed by atoms with E-state index < -0.39 is 0 Å². The molecule has 0 saturated carbocycles. The van der Waals surface area contributed by atoms with Gasteiger partial charge in [-0.2, -0.15) is 0 Å². The van der Waals surface area contributed by atoms with Crippen molar-refractivity contribution in [2.45, 2.75) is 6.10 Å². The molecule has 0 bridgehead atoms. The zero-order chi connectivity index (χ0) is 10.8. The van der Waals surface area contributed by atoms with Gasteiger partial charge in [-0.25, -0.2) is 4.98 Å². The van der Waals surface area contributed by atoms with E-state index in [0.29, 0.717) is 0 Å². The minimum Gasteiger partial charge on any atom is -0.488 e. The molecule has 0 fully saturated rings. The summed E-state index contributed by atoms with van der Waals surface area (Å²) in [5, 5.41) is 1.15. The normalized spacial score (nSPS) is 17.5. The second-order valence-electron chi connectivity index (χ2n) is 3.70. The molecule has 1 atom stereocenters. The Hall–Kier alpha value is -0.830. The van der Waals surface area contributed by atoms with Crippen molar-refractivity contribution >= 4 is 48.6 Å². The van der Waals surface area contributed by atoms with E-state index in [9.17, 15) is 0 Å². The summed E-state index contributed by atoms with van der Waals surface area (Å²) in [6.07, 6.45) is 7.48. The standard InChI is InChI=1S/C14H11NO.Ca/c1-2-6-12-11(5-1)8-9-13(15-12)14-7-3-4-10-16-14;/h1-10,14H;. The number of benzene rings is 1. The van der Waals surface area contributed by atoms with E-state index in [-0.39, 0.29) is 43.8 Å². The maximum Gasteiger partial charge on any atom is 0.158 e. The van der Waals surface area contributed by atoms with Gasteiger partial charge in [0.05, 0.1) is 17.5 Å². The molecule has 2 nitrogen and oxygen atoms in total. The number of hydrogen-bond donors (Lipinski definition) is 0. The van der Waals surface area contributed by atoms with Crippen LogP contribution in [0.3, 0.4) is 0 Å². The fourth-order valence-corrected chi connectivity index (χ4v) is 1.79. The molecular weight excluding hydrogens is 238 g/mol. The van der Waals surface area contributed by atoms with Crippen LogP contribution >= 0.6 is 0 Å². The minimum absolute atomic E-state index is 0. The van der Waals surface area contributed by atoms with Crippen LogP contribution in [0.4, 0.5) is 0 Å². The molecule has 0 N–H and O–H groups in total. The first-order valence-corrected chi connectivity index (χ1v) is 5.28. The van der Waals surface area contributed by atoms with Gasteiger partial charge in [0.1, 0.15) is 0 Å². The topological polar surface area (TPSA) is 22.1 Å². The fourth-order valence-electron chi connectivity index (χ4n) is 1.79. The van der Waals surface area contributed by atoms with Crippen molar-refractivity contribution in [1.82, 2.24) is 4.98 Å². The first kappa shape index (κ1) is 12.6. The number of ether oxygens (including phenoxy) is 1. The first-order chi connectivity index (χ1) is 7.93. The van der Waals surface area contributed by atoms with Crippen LogP contribution in [0.1, 0.15) is 11.8 Å². The van der Waals surface area contributed by atoms with Crippen molar-refractivity contribution in [2.24, 2.45) is 0 Å². The van der Waals surface area contributed by atoms with Crippen molar-refractivity contribution in [1.29, 1.82) is 0 Å². The third-order valence-electron chi connectivity index (χ3n) is 2.61. The maximum atomic E-state index is 5.48. The van der Waals surface area contributed by atoms with Crippen LogP contribution in [-0.2, 0) is 4.74 Å². The Morgan fingerprint density at radius 2 is 1.88 bits per heavy atom. The second kappa shape index (κ2) is 5.67. The van der Waals surface area contributed by atoms with Crippen molar-refractivity contribution in [3.8, 4) is 0 Å². The zero-order valence-electron chi connectivity index (χ0n) is 9.41. The average Bonchev–Trinajstić information content (AvgIpc) is 2.39. The van der Waals surface area contributed by atoms with Gasteiger partial charge in [-0.05, 0) is 24.3 Å². The van der Waals surface area contributed by atoms with Crippen molar-refractivity contribution in [2.75, 3.05) is 0 Å². The quantitative estimate of drug-likeness (QED) is 0.725. The Labute approximate surface area is 130 Å². The molecule has 17 heavy (non-hydrogen) atoms. The molecule has 0 aliphatic carbocycles. The average molecular weight is 249 g/mol. The number of allylic oxidation sites excluding steroid dienone is 2. The summed E-state index contributed by atoms with van der Waals surface area (Å²) in [4.78, 5) is 4.59. The molecule has 2 heterocycles. The summed E-state index contributed by atoms with van der Waals surface area (Å²) in [7, 11) is 0. The molecule has 3 heteroatoms. The summed E-state index contributed by atoms with van der Waals surface area (Å²) in [5.74, 6) is 0. The van der Waals surface area contributed by atoms with Crippen LogP contribution < -0.4 is 0 Å². The third kappa shape index (κ3) is 2.71. The Morgan fingerprint density at radius 1 is 1.00 bits per heavy atom. The Kier molecular flexibility index (Phi) is 4.21. The molecule has 1 aliphatic heterocycles. The number of para-hydroxylation sites is 1. The van der Waals surface area contributed by atoms with Crippen LogP contribution in [0.2, 0.25) is 0 Å². The molecule has 0 spiro atoms. The summed E-state index contributed by atoms with van der Waals surface area (Å²) in [5.41, 5.74) is 1.95. The summed E-state index contributed by atoms with van der Waals surface area (Å²) in [6, 6.07) is 12.2. The molecule has 1 aromatic heterocycles. The van der Waals surface area contributed by atoms with Crippen LogP contribution in [0.25, 0.3) is 10.9 Å². The van der Waals surface area contributed by atoms with Crippen molar-refractivity contribution < 1.29 is 4.74 Å². The van der Waals surface area contributed by atoms with Crippen LogP contribution in [0, 0.1) is 0 Å². The van der Waals surface area contributed by atoms with E-state index in [1.807, 2.05) is 42.5 Å². The predicted molar refractivity (Wildman–Crippen MR) is 69.6 cm³/mol. The second-order valence-corrected chi connectivity index (χ2v) is 3.70. The zero-order valence-corrected chi connectivity index (χ0v) is 11.6. The van der Waals surface area contributed by atoms with Gasteiger partial charge in [0, 0.05) is 43.1 Å². The number of pyridine rings is 1. The molecule has 1 unspecified atom stereocenters. The van der Waals surface area contributed by atoms with Gasteiger partial charge in [-0.3, -0.25) is 0 Å². The van der Waals surface area contributed by atoms with Gasteiger partial charge in [0.2, 0.25) is 0 Å².